The van der Waals surface area contributed by atoms with Gasteiger partial charge in [0.25, 0.3) is 10.0 Å². The number of nitrogens with zero attached hydrogens (tertiary/aromatic N) is 3. The topological polar surface area (TPSA) is 98.0 Å². The van der Waals surface area contributed by atoms with Crippen molar-refractivity contribution in [3.8, 4) is 0 Å². The molecule has 0 amide bonds. The lowest BCUT2D eigenvalue weighted by Gasteiger charge is -2.08. The molecule has 110 valence electrons. The maximum absolute atomic E-state index is 12.6. The van der Waals surface area contributed by atoms with E-state index in [2.05, 4.69) is 18.5 Å². The Hall–Kier alpha value is -2.52. The lowest BCUT2D eigenvalue weighted by molar-refractivity contribution is 0.600. The highest BCUT2D eigenvalue weighted by Gasteiger charge is 2.20. The number of rotatable bonds is 3. The molecule has 0 aliphatic carbocycles. The third-order valence-electron chi connectivity index (χ3n) is 3.12. The summed E-state index contributed by atoms with van der Waals surface area (Å²) in [6.45, 7) is 0. The molecule has 2 aromatic heterocycles. The van der Waals surface area contributed by atoms with Gasteiger partial charge in [-0.15, -0.1) is 0 Å². The molecule has 9 heteroatoms. The van der Waals surface area contributed by atoms with Crippen LogP contribution in [0.5, 0.6) is 0 Å². The van der Waals surface area contributed by atoms with Crippen LogP contribution in [0, 0.1) is 0 Å². The summed E-state index contributed by atoms with van der Waals surface area (Å²) >= 11 is 0.978. The Labute approximate surface area is 129 Å². The molecule has 0 spiro atoms. The monoisotopic (exact) mass is 332 g/mol. The molecule has 0 saturated carbocycles. The number of oxazole rings is 1. The number of hydrogen-bond acceptors (Lipinski definition) is 7. The fourth-order valence-corrected chi connectivity index (χ4v) is 3.95. The lowest BCUT2D eigenvalue weighted by Crippen LogP contribution is -2.13. The van der Waals surface area contributed by atoms with Crippen LogP contribution in [0.15, 0.2) is 52.1 Å². The van der Waals surface area contributed by atoms with E-state index in [1.807, 2.05) is 0 Å². The van der Waals surface area contributed by atoms with Gasteiger partial charge >= 0.3 is 0 Å². The average molecular weight is 332 g/mol. The Bertz CT molecular complexity index is 1080. The van der Waals surface area contributed by atoms with Crippen molar-refractivity contribution in [1.29, 1.82) is 0 Å². The number of sulfonamides is 1. The number of hydrogen-bond donors (Lipinski definition) is 1. The number of nitrogens with one attached hydrogen (secondary N) is 1. The van der Waals surface area contributed by atoms with E-state index in [-0.39, 0.29) is 4.90 Å². The van der Waals surface area contributed by atoms with Crippen LogP contribution in [0.3, 0.4) is 0 Å². The third kappa shape index (κ3) is 2.11. The lowest BCUT2D eigenvalue weighted by atomic mass is 10.3. The first-order chi connectivity index (χ1) is 10.6. The molecule has 0 aliphatic heterocycles. The Morgan fingerprint density at radius 3 is 2.91 bits per heavy atom. The van der Waals surface area contributed by atoms with Gasteiger partial charge in [0.2, 0.25) is 0 Å². The van der Waals surface area contributed by atoms with Crippen LogP contribution >= 0.6 is 11.7 Å². The fraction of sp³-hybridized carbons (Fsp3) is 0. The second-order valence-corrected chi connectivity index (χ2v) is 6.71. The molecule has 0 aliphatic rings. The van der Waals surface area contributed by atoms with E-state index in [9.17, 15) is 8.42 Å². The Kier molecular flexibility index (Phi) is 2.84. The largest absolute Gasteiger partial charge is 0.443 e. The Balaban J connectivity index is 1.78. The van der Waals surface area contributed by atoms with E-state index in [0.29, 0.717) is 27.8 Å². The van der Waals surface area contributed by atoms with Gasteiger partial charge in [-0.3, -0.25) is 4.72 Å². The van der Waals surface area contributed by atoms with Gasteiger partial charge in [0.1, 0.15) is 21.4 Å². The van der Waals surface area contributed by atoms with Crippen LogP contribution in [0.1, 0.15) is 0 Å². The van der Waals surface area contributed by atoms with Crippen molar-refractivity contribution in [2.75, 3.05) is 4.72 Å². The van der Waals surface area contributed by atoms with Gasteiger partial charge in [-0.2, -0.15) is 8.75 Å². The highest BCUT2D eigenvalue weighted by Crippen LogP contribution is 2.25. The predicted molar refractivity (Wildman–Crippen MR) is 82.2 cm³/mol. The highest BCUT2D eigenvalue weighted by molar-refractivity contribution is 7.93. The minimum absolute atomic E-state index is 0.0963. The first-order valence-corrected chi connectivity index (χ1v) is 8.42. The third-order valence-corrected chi connectivity index (χ3v) is 5.08. The summed E-state index contributed by atoms with van der Waals surface area (Å²) in [4.78, 5) is 4.10. The zero-order valence-corrected chi connectivity index (χ0v) is 12.6. The van der Waals surface area contributed by atoms with E-state index in [4.69, 9.17) is 4.42 Å². The molecule has 4 rings (SSSR count). The highest BCUT2D eigenvalue weighted by atomic mass is 32.2. The summed E-state index contributed by atoms with van der Waals surface area (Å²) in [5, 5.41) is 0. The Morgan fingerprint density at radius 2 is 2.00 bits per heavy atom. The molecule has 0 fully saturated rings. The molecule has 0 bridgehead atoms. The summed E-state index contributed by atoms with van der Waals surface area (Å²) < 4.78 is 40.9. The number of benzene rings is 2. The summed E-state index contributed by atoms with van der Waals surface area (Å²) in [6.07, 6.45) is 1.31. The van der Waals surface area contributed by atoms with Crippen molar-refractivity contribution in [2.24, 2.45) is 0 Å². The molecule has 2 aromatic carbocycles. The van der Waals surface area contributed by atoms with Gasteiger partial charge in [0, 0.05) is 0 Å². The maximum Gasteiger partial charge on any atom is 0.264 e. The second kappa shape index (κ2) is 4.75. The minimum atomic E-state index is -3.77. The van der Waals surface area contributed by atoms with Crippen molar-refractivity contribution >= 4 is 49.6 Å². The van der Waals surface area contributed by atoms with E-state index in [1.165, 1.54) is 12.5 Å². The molecule has 1 N–H and O–H groups in total. The zero-order valence-electron chi connectivity index (χ0n) is 10.9. The van der Waals surface area contributed by atoms with Gasteiger partial charge < -0.3 is 4.42 Å². The molecular formula is C13H8N4O3S2. The quantitative estimate of drug-likeness (QED) is 0.619. The summed E-state index contributed by atoms with van der Waals surface area (Å²) in [5.41, 5.74) is 2.49. The summed E-state index contributed by atoms with van der Waals surface area (Å²) in [7, 11) is -3.77. The average Bonchev–Trinajstić information content (AvgIpc) is 3.14. The van der Waals surface area contributed by atoms with E-state index >= 15 is 0 Å². The van der Waals surface area contributed by atoms with Gasteiger partial charge in [0.05, 0.1) is 17.4 Å². The standard InChI is InChI=1S/C13H8N4O3S2/c18-22(19,12-3-1-2-9-13(12)16-21-15-9)17-8-4-5-11-10(6-8)14-7-20-11/h1-7,17H. The molecular weight excluding hydrogens is 324 g/mol. The van der Waals surface area contributed by atoms with Gasteiger partial charge in [0.15, 0.2) is 12.0 Å². The van der Waals surface area contributed by atoms with Crippen LogP contribution in [-0.2, 0) is 10.0 Å². The molecule has 0 unspecified atom stereocenters. The van der Waals surface area contributed by atoms with Crippen LogP contribution in [0.4, 0.5) is 5.69 Å². The van der Waals surface area contributed by atoms with Crippen molar-refractivity contribution in [3.05, 3.63) is 42.8 Å². The van der Waals surface area contributed by atoms with Crippen molar-refractivity contribution in [2.45, 2.75) is 4.90 Å². The van der Waals surface area contributed by atoms with Crippen molar-refractivity contribution in [1.82, 2.24) is 13.7 Å². The van der Waals surface area contributed by atoms with Crippen LogP contribution in [0.25, 0.3) is 22.1 Å². The van der Waals surface area contributed by atoms with Gasteiger partial charge in [-0.05, 0) is 30.3 Å². The second-order valence-electron chi connectivity index (χ2n) is 4.53. The molecule has 0 radical (unpaired) electrons. The molecule has 0 atom stereocenters. The van der Waals surface area contributed by atoms with Crippen LogP contribution < -0.4 is 4.72 Å². The van der Waals surface area contributed by atoms with Crippen LogP contribution in [-0.4, -0.2) is 22.1 Å². The first-order valence-electron chi connectivity index (χ1n) is 6.21. The predicted octanol–water partition coefficient (Wildman–Crippen LogP) is 2.63. The first kappa shape index (κ1) is 13.2. The number of aromatic nitrogens is 3. The van der Waals surface area contributed by atoms with Crippen molar-refractivity contribution < 1.29 is 12.8 Å². The normalized spacial score (nSPS) is 12.0. The summed E-state index contributed by atoms with van der Waals surface area (Å²) in [5.74, 6) is 0. The minimum Gasteiger partial charge on any atom is -0.443 e. The van der Waals surface area contributed by atoms with Crippen LogP contribution in [0.2, 0.25) is 0 Å². The van der Waals surface area contributed by atoms with E-state index in [1.54, 1.807) is 30.3 Å². The van der Waals surface area contributed by atoms with E-state index < -0.39 is 10.0 Å². The molecule has 22 heavy (non-hydrogen) atoms. The smallest absolute Gasteiger partial charge is 0.264 e. The zero-order chi connectivity index (χ0) is 15.2. The molecule has 0 saturated heterocycles. The molecule has 7 nitrogen and oxygen atoms in total. The molecule has 2 heterocycles. The SMILES string of the molecule is O=S(=O)(Nc1ccc2ocnc2c1)c1cccc2nsnc12. The summed E-state index contributed by atoms with van der Waals surface area (Å²) in [6, 6.07) is 9.74. The van der Waals surface area contributed by atoms with Gasteiger partial charge in [-0.1, -0.05) is 6.07 Å². The number of anilines is 1. The van der Waals surface area contributed by atoms with Crippen molar-refractivity contribution in [3.63, 3.8) is 0 Å². The van der Waals surface area contributed by atoms with Gasteiger partial charge in [-0.25, -0.2) is 13.4 Å². The Morgan fingerprint density at radius 1 is 1.09 bits per heavy atom. The van der Waals surface area contributed by atoms with E-state index in [0.717, 1.165) is 11.7 Å². The maximum atomic E-state index is 12.6. The number of fused-ring (bicyclic) bond motifs is 2. The molecule has 4 aromatic rings. The fourth-order valence-electron chi connectivity index (χ4n) is 2.13.